The molecule has 0 aliphatic heterocycles. The first kappa shape index (κ1) is 13.3. The molecule has 0 amide bonds. The molecule has 0 saturated carbocycles. The Morgan fingerprint density at radius 3 is 2.30 bits per heavy atom. The molecule has 112 valence electrons. The zero-order valence-corrected chi connectivity index (χ0v) is 12.1. The summed E-state index contributed by atoms with van der Waals surface area (Å²) in [6, 6.07) is 19.1. The van der Waals surface area contributed by atoms with E-state index in [4.69, 9.17) is 10.5 Å². The van der Waals surface area contributed by atoms with Crippen LogP contribution >= 0.6 is 0 Å². The average molecular weight is 303 g/mol. The zero-order valence-electron chi connectivity index (χ0n) is 12.1. The molecule has 6 nitrogen and oxygen atoms in total. The fourth-order valence-electron chi connectivity index (χ4n) is 2.36. The topological polar surface area (TPSA) is 78.8 Å². The van der Waals surface area contributed by atoms with Crippen molar-refractivity contribution in [1.29, 1.82) is 0 Å². The van der Waals surface area contributed by atoms with E-state index in [0.717, 1.165) is 5.69 Å². The standard InChI is InChI=1S/C17H13N5O/c18-15-14-16(20-11-19-15)22(12-7-3-1-4-8-12)21-17(14)23-13-9-5-2-6-10-13/h1-11H,(H2,18,19,20). The third kappa shape index (κ3) is 2.36. The Balaban J connectivity index is 1.91. The van der Waals surface area contributed by atoms with E-state index in [9.17, 15) is 0 Å². The molecule has 23 heavy (non-hydrogen) atoms. The first-order valence-corrected chi connectivity index (χ1v) is 7.10. The number of nitrogen functional groups attached to an aromatic ring is 1. The summed E-state index contributed by atoms with van der Waals surface area (Å²) < 4.78 is 7.58. The maximum Gasteiger partial charge on any atom is 0.252 e. The Kier molecular flexibility index (Phi) is 3.12. The minimum absolute atomic E-state index is 0.336. The molecule has 0 atom stereocenters. The van der Waals surface area contributed by atoms with Crippen LogP contribution in [0.15, 0.2) is 67.0 Å². The van der Waals surface area contributed by atoms with Gasteiger partial charge in [-0.2, -0.15) is 0 Å². The van der Waals surface area contributed by atoms with Gasteiger partial charge in [-0.1, -0.05) is 36.4 Å². The molecule has 2 heterocycles. The number of nitrogens with two attached hydrogens (primary N) is 1. The summed E-state index contributed by atoms with van der Waals surface area (Å²) in [5.41, 5.74) is 7.50. The average Bonchev–Trinajstić information content (AvgIpc) is 2.96. The van der Waals surface area contributed by atoms with Crippen molar-refractivity contribution in [3.05, 3.63) is 67.0 Å². The molecule has 0 radical (unpaired) electrons. The monoisotopic (exact) mass is 303 g/mol. The lowest BCUT2D eigenvalue weighted by Crippen LogP contribution is -1.98. The predicted octanol–water partition coefficient (Wildman–Crippen LogP) is 3.19. The second-order valence-corrected chi connectivity index (χ2v) is 4.93. The number of benzene rings is 2. The van der Waals surface area contributed by atoms with Gasteiger partial charge >= 0.3 is 0 Å². The highest BCUT2D eigenvalue weighted by molar-refractivity contribution is 5.91. The minimum Gasteiger partial charge on any atom is -0.437 e. The van der Waals surface area contributed by atoms with Crippen LogP contribution in [0, 0.1) is 0 Å². The van der Waals surface area contributed by atoms with E-state index in [-0.39, 0.29) is 0 Å². The van der Waals surface area contributed by atoms with E-state index in [1.54, 1.807) is 4.68 Å². The van der Waals surface area contributed by atoms with Crippen molar-refractivity contribution in [1.82, 2.24) is 19.7 Å². The lowest BCUT2D eigenvalue weighted by atomic mass is 10.3. The minimum atomic E-state index is 0.336. The quantitative estimate of drug-likeness (QED) is 0.629. The van der Waals surface area contributed by atoms with E-state index in [2.05, 4.69) is 15.1 Å². The molecule has 4 rings (SSSR count). The van der Waals surface area contributed by atoms with Crippen molar-refractivity contribution in [2.75, 3.05) is 5.73 Å². The van der Waals surface area contributed by atoms with E-state index < -0.39 is 0 Å². The van der Waals surface area contributed by atoms with Gasteiger partial charge in [0.1, 0.15) is 23.3 Å². The van der Waals surface area contributed by atoms with E-state index in [1.165, 1.54) is 6.33 Å². The van der Waals surface area contributed by atoms with Crippen molar-refractivity contribution in [2.24, 2.45) is 0 Å². The lowest BCUT2D eigenvalue weighted by Gasteiger charge is -2.02. The predicted molar refractivity (Wildman–Crippen MR) is 87.6 cm³/mol. The van der Waals surface area contributed by atoms with Crippen LogP contribution in [-0.2, 0) is 0 Å². The first-order chi connectivity index (χ1) is 11.3. The van der Waals surface area contributed by atoms with Crippen LogP contribution in [-0.4, -0.2) is 19.7 Å². The molecule has 0 unspecified atom stereocenters. The van der Waals surface area contributed by atoms with Crippen LogP contribution in [0.25, 0.3) is 16.7 Å². The summed E-state index contributed by atoms with van der Waals surface area (Å²) in [5, 5.41) is 5.13. The Morgan fingerprint density at radius 2 is 1.57 bits per heavy atom. The number of hydrogen-bond acceptors (Lipinski definition) is 5. The number of nitrogens with zero attached hydrogens (tertiary/aromatic N) is 4. The number of anilines is 1. The summed E-state index contributed by atoms with van der Waals surface area (Å²) in [7, 11) is 0. The van der Waals surface area contributed by atoms with E-state index in [0.29, 0.717) is 28.5 Å². The summed E-state index contributed by atoms with van der Waals surface area (Å²) in [6.45, 7) is 0. The Labute approximate surface area is 132 Å². The summed E-state index contributed by atoms with van der Waals surface area (Å²) in [5.74, 6) is 1.40. The van der Waals surface area contributed by atoms with E-state index in [1.807, 2.05) is 60.7 Å². The molecule has 0 spiro atoms. The van der Waals surface area contributed by atoms with Gasteiger partial charge in [0.2, 0.25) is 0 Å². The molecular weight excluding hydrogens is 290 g/mol. The lowest BCUT2D eigenvalue weighted by molar-refractivity contribution is 0.462. The van der Waals surface area contributed by atoms with Gasteiger partial charge in [-0.15, -0.1) is 5.10 Å². The third-order valence-corrected chi connectivity index (χ3v) is 3.42. The van der Waals surface area contributed by atoms with Crippen molar-refractivity contribution in [2.45, 2.75) is 0 Å². The fraction of sp³-hybridized carbons (Fsp3) is 0. The van der Waals surface area contributed by atoms with Gasteiger partial charge in [0.15, 0.2) is 5.65 Å². The van der Waals surface area contributed by atoms with E-state index >= 15 is 0 Å². The molecule has 0 saturated heterocycles. The maximum absolute atomic E-state index is 6.02. The summed E-state index contributed by atoms with van der Waals surface area (Å²) in [4.78, 5) is 8.36. The molecule has 6 heteroatoms. The first-order valence-electron chi connectivity index (χ1n) is 7.10. The number of rotatable bonds is 3. The Morgan fingerprint density at radius 1 is 0.870 bits per heavy atom. The summed E-state index contributed by atoms with van der Waals surface area (Å²) >= 11 is 0. The number of para-hydroxylation sites is 2. The van der Waals surface area contributed by atoms with Crippen LogP contribution in [0.1, 0.15) is 0 Å². The smallest absolute Gasteiger partial charge is 0.252 e. The SMILES string of the molecule is Nc1ncnc2c1c(Oc1ccccc1)nn2-c1ccccc1. The van der Waals surface area contributed by atoms with Gasteiger partial charge in [-0.3, -0.25) is 0 Å². The highest BCUT2D eigenvalue weighted by Gasteiger charge is 2.18. The normalized spacial score (nSPS) is 10.8. The molecule has 0 aliphatic rings. The Bertz CT molecular complexity index is 951. The molecule has 2 N–H and O–H groups in total. The second kappa shape index (κ2) is 5.42. The van der Waals surface area contributed by atoms with Gasteiger partial charge in [-0.25, -0.2) is 14.6 Å². The molecule has 0 aliphatic carbocycles. The largest absolute Gasteiger partial charge is 0.437 e. The van der Waals surface area contributed by atoms with Crippen LogP contribution < -0.4 is 10.5 Å². The number of hydrogen-bond donors (Lipinski definition) is 1. The number of fused-ring (bicyclic) bond motifs is 1. The van der Waals surface area contributed by atoms with Crippen molar-refractivity contribution in [3.8, 4) is 17.3 Å². The van der Waals surface area contributed by atoms with Crippen molar-refractivity contribution in [3.63, 3.8) is 0 Å². The van der Waals surface area contributed by atoms with Crippen LogP contribution in [0.3, 0.4) is 0 Å². The molecule has 0 fully saturated rings. The summed E-state index contributed by atoms with van der Waals surface area (Å²) in [6.07, 6.45) is 1.42. The molecule has 0 bridgehead atoms. The van der Waals surface area contributed by atoms with Crippen LogP contribution in [0.4, 0.5) is 5.82 Å². The molecule has 4 aromatic rings. The van der Waals surface area contributed by atoms with Gasteiger partial charge in [0.25, 0.3) is 5.88 Å². The van der Waals surface area contributed by atoms with Gasteiger partial charge in [-0.05, 0) is 24.3 Å². The zero-order chi connectivity index (χ0) is 15.6. The van der Waals surface area contributed by atoms with Gasteiger partial charge in [0, 0.05) is 0 Å². The van der Waals surface area contributed by atoms with Gasteiger partial charge in [0.05, 0.1) is 5.69 Å². The maximum atomic E-state index is 6.02. The van der Waals surface area contributed by atoms with Crippen LogP contribution in [0.5, 0.6) is 11.6 Å². The highest BCUT2D eigenvalue weighted by Crippen LogP contribution is 2.32. The molecular formula is C17H13N5O. The van der Waals surface area contributed by atoms with Crippen molar-refractivity contribution < 1.29 is 4.74 Å². The van der Waals surface area contributed by atoms with Crippen molar-refractivity contribution >= 4 is 16.9 Å². The second-order valence-electron chi connectivity index (χ2n) is 4.93. The third-order valence-electron chi connectivity index (χ3n) is 3.42. The Hall–Kier alpha value is -3.41. The van der Waals surface area contributed by atoms with Gasteiger partial charge < -0.3 is 10.5 Å². The molecule has 2 aromatic heterocycles. The number of ether oxygens (including phenoxy) is 1. The number of aromatic nitrogens is 4. The molecule has 2 aromatic carbocycles. The highest BCUT2D eigenvalue weighted by atomic mass is 16.5. The van der Waals surface area contributed by atoms with Crippen LogP contribution in [0.2, 0.25) is 0 Å². The fourth-order valence-corrected chi connectivity index (χ4v) is 2.36.